The van der Waals surface area contributed by atoms with Gasteiger partial charge in [0.05, 0.1) is 11.5 Å². The van der Waals surface area contributed by atoms with E-state index in [0.717, 1.165) is 0 Å². The SMILES string of the molecule is NC(=O)c1ccccc1NC1CCC(C(F)(F)F)CC1. The van der Waals surface area contributed by atoms with E-state index in [2.05, 4.69) is 5.32 Å². The van der Waals surface area contributed by atoms with Gasteiger partial charge in [-0.15, -0.1) is 0 Å². The molecule has 1 fully saturated rings. The highest BCUT2D eigenvalue weighted by atomic mass is 19.4. The van der Waals surface area contributed by atoms with Crippen LogP contribution in [0, 0.1) is 5.92 Å². The quantitative estimate of drug-likeness (QED) is 0.895. The number of hydrogen-bond donors (Lipinski definition) is 2. The molecule has 0 aromatic heterocycles. The topological polar surface area (TPSA) is 55.1 Å². The molecular formula is C14H17F3N2O. The Hall–Kier alpha value is -1.72. The van der Waals surface area contributed by atoms with Crippen LogP contribution in [0.25, 0.3) is 0 Å². The van der Waals surface area contributed by atoms with Crippen LogP contribution in [0.1, 0.15) is 36.0 Å². The average molecular weight is 286 g/mol. The maximum atomic E-state index is 12.6. The van der Waals surface area contributed by atoms with Crippen molar-refractivity contribution >= 4 is 11.6 Å². The van der Waals surface area contributed by atoms with Gasteiger partial charge in [0, 0.05) is 11.7 Å². The number of halogens is 3. The van der Waals surface area contributed by atoms with Crippen LogP contribution in [-0.2, 0) is 0 Å². The molecule has 3 N–H and O–H groups in total. The molecule has 20 heavy (non-hydrogen) atoms. The summed E-state index contributed by atoms with van der Waals surface area (Å²) in [4.78, 5) is 11.3. The van der Waals surface area contributed by atoms with E-state index in [4.69, 9.17) is 5.73 Å². The lowest BCUT2D eigenvalue weighted by molar-refractivity contribution is -0.182. The number of primary amides is 1. The number of nitrogens with one attached hydrogen (secondary N) is 1. The van der Waals surface area contributed by atoms with Crippen LogP contribution >= 0.6 is 0 Å². The van der Waals surface area contributed by atoms with E-state index in [0.29, 0.717) is 24.1 Å². The predicted octanol–water partition coefficient (Wildman–Crippen LogP) is 3.32. The molecule has 1 aliphatic rings. The molecule has 0 unspecified atom stereocenters. The molecule has 2 rings (SSSR count). The number of carbonyl (C=O) groups excluding carboxylic acids is 1. The van der Waals surface area contributed by atoms with Gasteiger partial charge in [-0.25, -0.2) is 0 Å². The first-order chi connectivity index (χ1) is 9.38. The fourth-order valence-corrected chi connectivity index (χ4v) is 2.61. The van der Waals surface area contributed by atoms with Gasteiger partial charge in [-0.1, -0.05) is 12.1 Å². The first-order valence-corrected chi connectivity index (χ1v) is 6.60. The van der Waals surface area contributed by atoms with Gasteiger partial charge in [0.25, 0.3) is 5.91 Å². The predicted molar refractivity (Wildman–Crippen MR) is 70.4 cm³/mol. The second-order valence-corrected chi connectivity index (χ2v) is 5.14. The van der Waals surface area contributed by atoms with E-state index < -0.39 is 18.0 Å². The summed E-state index contributed by atoms with van der Waals surface area (Å²) in [5.74, 6) is -1.75. The van der Waals surface area contributed by atoms with Crippen LogP contribution in [-0.4, -0.2) is 18.1 Å². The molecule has 0 atom stereocenters. The summed E-state index contributed by atoms with van der Waals surface area (Å²) in [6.07, 6.45) is -2.97. The minimum Gasteiger partial charge on any atom is -0.382 e. The zero-order valence-electron chi connectivity index (χ0n) is 10.9. The number of benzene rings is 1. The van der Waals surface area contributed by atoms with Gasteiger partial charge in [-0.3, -0.25) is 4.79 Å². The van der Waals surface area contributed by atoms with E-state index in [9.17, 15) is 18.0 Å². The average Bonchev–Trinajstić information content (AvgIpc) is 2.38. The number of carbonyl (C=O) groups is 1. The minimum absolute atomic E-state index is 0.0471. The summed E-state index contributed by atoms with van der Waals surface area (Å²) in [6, 6.07) is 6.73. The Bertz CT molecular complexity index is 480. The van der Waals surface area contributed by atoms with Crippen LogP contribution in [0.4, 0.5) is 18.9 Å². The smallest absolute Gasteiger partial charge is 0.382 e. The molecule has 3 nitrogen and oxygen atoms in total. The Morgan fingerprint density at radius 1 is 1.15 bits per heavy atom. The van der Waals surface area contributed by atoms with Gasteiger partial charge in [-0.2, -0.15) is 13.2 Å². The molecule has 0 saturated heterocycles. The Labute approximate surface area is 115 Å². The van der Waals surface area contributed by atoms with Crippen molar-refractivity contribution < 1.29 is 18.0 Å². The molecule has 0 heterocycles. The summed E-state index contributed by atoms with van der Waals surface area (Å²) >= 11 is 0. The lowest BCUT2D eigenvalue weighted by Gasteiger charge is -2.31. The Morgan fingerprint density at radius 3 is 2.30 bits per heavy atom. The Balaban J connectivity index is 1.98. The van der Waals surface area contributed by atoms with E-state index in [1.807, 2.05) is 0 Å². The molecule has 1 saturated carbocycles. The third kappa shape index (κ3) is 3.43. The van der Waals surface area contributed by atoms with Crippen molar-refractivity contribution in [2.75, 3.05) is 5.32 Å². The largest absolute Gasteiger partial charge is 0.391 e. The number of rotatable bonds is 3. The number of para-hydroxylation sites is 1. The number of amides is 1. The Morgan fingerprint density at radius 2 is 1.75 bits per heavy atom. The van der Waals surface area contributed by atoms with Crippen LogP contribution in [0.15, 0.2) is 24.3 Å². The first kappa shape index (κ1) is 14.7. The first-order valence-electron chi connectivity index (χ1n) is 6.60. The molecule has 0 radical (unpaired) electrons. The zero-order chi connectivity index (χ0) is 14.8. The van der Waals surface area contributed by atoms with E-state index in [-0.39, 0.29) is 18.9 Å². The fourth-order valence-electron chi connectivity index (χ4n) is 2.61. The van der Waals surface area contributed by atoms with Crippen molar-refractivity contribution in [3.05, 3.63) is 29.8 Å². The second-order valence-electron chi connectivity index (χ2n) is 5.14. The molecule has 6 heteroatoms. The van der Waals surface area contributed by atoms with Gasteiger partial charge < -0.3 is 11.1 Å². The van der Waals surface area contributed by atoms with E-state index >= 15 is 0 Å². The van der Waals surface area contributed by atoms with E-state index in [1.54, 1.807) is 24.3 Å². The maximum Gasteiger partial charge on any atom is 0.391 e. The molecule has 0 bridgehead atoms. The van der Waals surface area contributed by atoms with Gasteiger partial charge in [0.15, 0.2) is 0 Å². The number of hydrogen-bond acceptors (Lipinski definition) is 2. The van der Waals surface area contributed by atoms with Crippen molar-refractivity contribution in [2.24, 2.45) is 11.7 Å². The number of alkyl halides is 3. The van der Waals surface area contributed by atoms with Crippen molar-refractivity contribution in [1.82, 2.24) is 0 Å². The fraction of sp³-hybridized carbons (Fsp3) is 0.500. The van der Waals surface area contributed by atoms with Gasteiger partial charge in [0.2, 0.25) is 0 Å². The highest BCUT2D eigenvalue weighted by Gasteiger charge is 2.41. The van der Waals surface area contributed by atoms with Crippen LogP contribution in [0.2, 0.25) is 0 Å². The molecule has 1 aromatic carbocycles. The van der Waals surface area contributed by atoms with Gasteiger partial charge in [-0.05, 0) is 37.8 Å². The minimum atomic E-state index is -4.10. The number of nitrogens with two attached hydrogens (primary N) is 1. The lowest BCUT2D eigenvalue weighted by Crippen LogP contribution is -2.33. The van der Waals surface area contributed by atoms with Gasteiger partial charge in [0.1, 0.15) is 0 Å². The summed E-state index contributed by atoms with van der Waals surface area (Å²) in [7, 11) is 0. The molecule has 0 spiro atoms. The number of anilines is 1. The van der Waals surface area contributed by atoms with Crippen molar-refractivity contribution in [2.45, 2.75) is 37.9 Å². The second kappa shape index (κ2) is 5.73. The lowest BCUT2D eigenvalue weighted by atomic mass is 9.85. The summed E-state index contributed by atoms with van der Waals surface area (Å²) in [6.45, 7) is 0. The molecular weight excluding hydrogens is 269 g/mol. The monoisotopic (exact) mass is 286 g/mol. The summed E-state index contributed by atoms with van der Waals surface area (Å²) < 4.78 is 37.8. The highest BCUT2D eigenvalue weighted by Crippen LogP contribution is 2.38. The third-order valence-corrected chi connectivity index (χ3v) is 3.74. The molecule has 1 amide bonds. The highest BCUT2D eigenvalue weighted by molar-refractivity contribution is 5.98. The molecule has 0 aliphatic heterocycles. The maximum absolute atomic E-state index is 12.6. The van der Waals surface area contributed by atoms with Crippen molar-refractivity contribution in [3.63, 3.8) is 0 Å². The molecule has 1 aliphatic carbocycles. The third-order valence-electron chi connectivity index (χ3n) is 3.74. The van der Waals surface area contributed by atoms with Gasteiger partial charge >= 0.3 is 6.18 Å². The van der Waals surface area contributed by atoms with Crippen LogP contribution in [0.3, 0.4) is 0 Å². The zero-order valence-corrected chi connectivity index (χ0v) is 10.9. The summed E-state index contributed by atoms with van der Waals surface area (Å²) in [5, 5.41) is 3.13. The van der Waals surface area contributed by atoms with Crippen LogP contribution in [0.5, 0.6) is 0 Å². The summed E-state index contributed by atoms with van der Waals surface area (Å²) in [5.41, 5.74) is 6.23. The van der Waals surface area contributed by atoms with Crippen molar-refractivity contribution in [1.29, 1.82) is 0 Å². The van der Waals surface area contributed by atoms with E-state index in [1.165, 1.54) is 0 Å². The Kier molecular flexibility index (Phi) is 4.20. The standard InChI is InChI=1S/C14H17F3N2O/c15-14(16,17)9-5-7-10(8-6-9)19-12-4-2-1-3-11(12)13(18)20/h1-4,9-10,19H,5-8H2,(H2,18,20). The van der Waals surface area contributed by atoms with Crippen molar-refractivity contribution in [3.8, 4) is 0 Å². The van der Waals surface area contributed by atoms with Crippen LogP contribution < -0.4 is 11.1 Å². The molecule has 1 aromatic rings. The molecule has 110 valence electrons. The normalized spacial score (nSPS) is 23.4.